The van der Waals surface area contributed by atoms with Crippen LogP contribution in [0.2, 0.25) is 0 Å². The fourth-order valence-corrected chi connectivity index (χ4v) is 1.17. The normalized spacial score (nSPS) is 8.20. The van der Waals surface area contributed by atoms with Crippen LogP contribution in [0.25, 0.3) is 11.4 Å². The van der Waals surface area contributed by atoms with Gasteiger partial charge in [0, 0.05) is 5.56 Å². The van der Waals surface area contributed by atoms with E-state index in [9.17, 15) is 0 Å². The number of hydrogen-bond acceptors (Lipinski definition) is 4. The third-order valence-electron chi connectivity index (χ3n) is 1.91. The highest BCUT2D eigenvalue weighted by atomic mass is 15.2. The molecule has 0 aliphatic carbocycles. The molecular weight excluding hydrogens is 250 g/mol. The number of nitrogens with one attached hydrogen (secondary N) is 1. The molecule has 0 saturated carbocycles. The molecule has 5 heteroatoms. The zero-order valence-electron chi connectivity index (χ0n) is 13.6. The number of nitrogens with two attached hydrogens (primary N) is 2. The molecule has 0 aliphatic heterocycles. The molecule has 0 atom stereocenters. The molecule has 0 spiro atoms. The van der Waals surface area contributed by atoms with Gasteiger partial charge in [-0.15, -0.1) is 0 Å². The number of nitrogens with zero attached hydrogens (tertiary/aromatic N) is 2. The van der Waals surface area contributed by atoms with E-state index in [-0.39, 0.29) is 0 Å². The molecule has 1 heterocycles. The maximum absolute atomic E-state index is 4.24. The lowest BCUT2D eigenvalue weighted by Crippen LogP contribution is -2.02. The molecule has 0 saturated heterocycles. The Balaban J connectivity index is 0. The second-order valence-electron chi connectivity index (χ2n) is 3.82. The third kappa shape index (κ3) is 8.39. The number of rotatable bonds is 1. The van der Waals surface area contributed by atoms with Gasteiger partial charge in [-0.05, 0) is 13.8 Å². The molecule has 114 valence electrons. The van der Waals surface area contributed by atoms with Crippen LogP contribution in [0.4, 0.5) is 0 Å². The quantitative estimate of drug-likeness (QED) is 0.551. The Kier molecular flexibility index (Phi) is 14.1. The van der Waals surface area contributed by atoms with Crippen molar-refractivity contribution in [1.82, 2.24) is 15.2 Å². The number of aromatic amines is 1. The molecule has 0 fully saturated rings. The molecule has 5 N–H and O–H groups in total. The Morgan fingerprint density at radius 2 is 1.45 bits per heavy atom. The van der Waals surface area contributed by atoms with Gasteiger partial charge in [0.2, 0.25) is 0 Å². The molecular formula is C15H29N5. The second-order valence-corrected chi connectivity index (χ2v) is 3.82. The van der Waals surface area contributed by atoms with Crippen molar-refractivity contribution in [1.29, 1.82) is 0 Å². The molecule has 2 rings (SSSR count). The van der Waals surface area contributed by atoms with Crippen molar-refractivity contribution in [2.45, 2.75) is 48.0 Å². The minimum absolute atomic E-state index is 0.762. The number of aromatic nitrogens is 3. The highest BCUT2D eigenvalue weighted by Gasteiger charge is 2.01. The minimum atomic E-state index is 0.762. The van der Waals surface area contributed by atoms with Gasteiger partial charge in [-0.2, -0.15) is 5.10 Å². The second kappa shape index (κ2) is 13.7. The SMILES string of the molecule is CC.CCC.Cc1ccc(-c2n[nH]c(C)n2)cc1.NN. The lowest BCUT2D eigenvalue weighted by molar-refractivity contribution is 1.04. The summed E-state index contributed by atoms with van der Waals surface area (Å²) in [5, 5.41) is 6.90. The van der Waals surface area contributed by atoms with Gasteiger partial charge in [0.15, 0.2) is 5.82 Å². The average molecular weight is 279 g/mol. The summed E-state index contributed by atoms with van der Waals surface area (Å²) in [5.74, 6) is 9.60. The largest absolute Gasteiger partial charge is 0.274 e. The molecule has 1 aromatic carbocycles. The van der Waals surface area contributed by atoms with Gasteiger partial charge >= 0.3 is 0 Å². The minimum Gasteiger partial charge on any atom is -0.274 e. The number of hydrazine groups is 1. The Hall–Kier alpha value is -1.72. The first-order chi connectivity index (χ1) is 9.67. The van der Waals surface area contributed by atoms with Gasteiger partial charge in [-0.25, -0.2) is 4.98 Å². The van der Waals surface area contributed by atoms with Crippen molar-refractivity contribution >= 4 is 0 Å². The molecule has 0 radical (unpaired) electrons. The van der Waals surface area contributed by atoms with E-state index in [4.69, 9.17) is 0 Å². The van der Waals surface area contributed by atoms with Crippen LogP contribution in [0.1, 0.15) is 45.5 Å². The van der Waals surface area contributed by atoms with Crippen molar-refractivity contribution in [2.75, 3.05) is 0 Å². The maximum atomic E-state index is 4.24. The highest BCUT2D eigenvalue weighted by Crippen LogP contribution is 2.14. The van der Waals surface area contributed by atoms with Gasteiger partial charge in [-0.3, -0.25) is 16.8 Å². The van der Waals surface area contributed by atoms with Crippen molar-refractivity contribution in [3.05, 3.63) is 35.7 Å². The van der Waals surface area contributed by atoms with Gasteiger partial charge in [0.05, 0.1) is 0 Å². The summed E-state index contributed by atoms with van der Waals surface area (Å²) >= 11 is 0. The zero-order valence-corrected chi connectivity index (χ0v) is 13.6. The van der Waals surface area contributed by atoms with E-state index in [2.05, 4.69) is 59.8 Å². The van der Waals surface area contributed by atoms with E-state index in [0.29, 0.717) is 0 Å². The van der Waals surface area contributed by atoms with Crippen molar-refractivity contribution in [3.8, 4) is 11.4 Å². The number of benzene rings is 1. The van der Waals surface area contributed by atoms with Crippen molar-refractivity contribution in [3.63, 3.8) is 0 Å². The summed E-state index contributed by atoms with van der Waals surface area (Å²) in [7, 11) is 0. The molecule has 0 amide bonds. The Morgan fingerprint density at radius 1 is 1.00 bits per heavy atom. The lowest BCUT2D eigenvalue weighted by Gasteiger charge is -1.94. The third-order valence-corrected chi connectivity index (χ3v) is 1.91. The standard InChI is InChI=1S/C10H11N3.C3H8.C2H6.H4N2/c1-7-3-5-9(6-4-7)10-11-8(2)12-13-10;1-3-2;2*1-2/h3-6H,1-2H3,(H,11,12,13);3H2,1-2H3;1-2H3;1-2H2. The summed E-state index contributed by atoms with van der Waals surface area (Å²) < 4.78 is 0. The molecule has 0 aliphatic rings. The Labute approximate surface area is 122 Å². The maximum Gasteiger partial charge on any atom is 0.181 e. The molecule has 5 nitrogen and oxygen atoms in total. The van der Waals surface area contributed by atoms with Crippen LogP contribution in [0.5, 0.6) is 0 Å². The Morgan fingerprint density at radius 3 is 1.80 bits per heavy atom. The van der Waals surface area contributed by atoms with Crippen LogP contribution in [-0.2, 0) is 0 Å². The number of hydrogen-bond donors (Lipinski definition) is 3. The van der Waals surface area contributed by atoms with Crippen LogP contribution >= 0.6 is 0 Å². The lowest BCUT2D eigenvalue weighted by atomic mass is 10.1. The molecule has 1 aromatic heterocycles. The predicted octanol–water partition coefficient (Wildman–Crippen LogP) is 3.35. The van der Waals surface area contributed by atoms with E-state index in [1.807, 2.05) is 32.9 Å². The summed E-state index contributed by atoms with van der Waals surface area (Å²) in [6, 6.07) is 8.16. The smallest absolute Gasteiger partial charge is 0.181 e. The molecule has 2 aromatic rings. The van der Waals surface area contributed by atoms with Gasteiger partial charge < -0.3 is 0 Å². The summed E-state index contributed by atoms with van der Waals surface area (Å²) in [6.45, 7) is 12.2. The van der Waals surface area contributed by atoms with Crippen LogP contribution in [0, 0.1) is 13.8 Å². The predicted molar refractivity (Wildman–Crippen MR) is 87.0 cm³/mol. The van der Waals surface area contributed by atoms with E-state index in [1.165, 1.54) is 12.0 Å². The summed E-state index contributed by atoms with van der Waals surface area (Å²) in [6.07, 6.45) is 1.25. The molecule has 0 bridgehead atoms. The van der Waals surface area contributed by atoms with Crippen molar-refractivity contribution < 1.29 is 0 Å². The fourth-order valence-electron chi connectivity index (χ4n) is 1.17. The first kappa shape index (κ1) is 20.6. The van der Waals surface area contributed by atoms with E-state index in [1.54, 1.807) is 0 Å². The number of H-pyrrole nitrogens is 1. The zero-order chi connectivity index (χ0) is 16.0. The topological polar surface area (TPSA) is 93.6 Å². The number of aryl methyl sites for hydroxylation is 2. The first-order valence-electron chi connectivity index (χ1n) is 6.96. The van der Waals surface area contributed by atoms with E-state index < -0.39 is 0 Å². The van der Waals surface area contributed by atoms with E-state index >= 15 is 0 Å². The summed E-state index contributed by atoms with van der Waals surface area (Å²) in [4.78, 5) is 4.24. The van der Waals surface area contributed by atoms with Gasteiger partial charge in [0.25, 0.3) is 0 Å². The van der Waals surface area contributed by atoms with Crippen LogP contribution in [-0.4, -0.2) is 15.2 Å². The van der Waals surface area contributed by atoms with Crippen LogP contribution < -0.4 is 11.7 Å². The Bertz CT molecular complexity index is 420. The average Bonchev–Trinajstić information content (AvgIpc) is 2.91. The van der Waals surface area contributed by atoms with Crippen LogP contribution in [0.15, 0.2) is 24.3 Å². The fraction of sp³-hybridized carbons (Fsp3) is 0.467. The first-order valence-corrected chi connectivity index (χ1v) is 6.96. The molecule has 0 unspecified atom stereocenters. The molecule has 20 heavy (non-hydrogen) atoms. The van der Waals surface area contributed by atoms with Crippen LogP contribution in [0.3, 0.4) is 0 Å². The highest BCUT2D eigenvalue weighted by molar-refractivity contribution is 5.54. The van der Waals surface area contributed by atoms with Gasteiger partial charge in [-0.1, -0.05) is 63.9 Å². The van der Waals surface area contributed by atoms with Gasteiger partial charge in [0.1, 0.15) is 5.82 Å². The summed E-state index contributed by atoms with van der Waals surface area (Å²) in [5.41, 5.74) is 2.30. The van der Waals surface area contributed by atoms with E-state index in [0.717, 1.165) is 17.2 Å². The van der Waals surface area contributed by atoms with Crippen molar-refractivity contribution in [2.24, 2.45) is 11.7 Å². The monoisotopic (exact) mass is 279 g/mol.